The van der Waals surface area contributed by atoms with E-state index in [1.807, 2.05) is 30.3 Å². The van der Waals surface area contributed by atoms with Crippen molar-refractivity contribution in [2.24, 2.45) is 11.7 Å². The molecule has 24 heavy (non-hydrogen) atoms. The summed E-state index contributed by atoms with van der Waals surface area (Å²) in [6.45, 7) is 1.15. The summed E-state index contributed by atoms with van der Waals surface area (Å²) < 4.78 is 5.85. The molecule has 3 atom stereocenters. The van der Waals surface area contributed by atoms with Crippen LogP contribution >= 0.6 is 0 Å². The standard InChI is InChI=1S/C21H27NO2/c22-14-20(19-8-4-5-9-21(19)23)17-10-12-18(13-11-17)24-15-16-6-2-1-3-7-16/h1-3,6-7,10-13,19-21,23H,4-5,8-9,14-15,22H2/t19-,20-,21-/m0/s1. The molecule has 0 saturated heterocycles. The highest BCUT2D eigenvalue weighted by molar-refractivity contribution is 5.30. The lowest BCUT2D eigenvalue weighted by Crippen LogP contribution is -2.33. The molecule has 0 unspecified atom stereocenters. The summed E-state index contributed by atoms with van der Waals surface area (Å²) in [5.74, 6) is 1.37. The van der Waals surface area contributed by atoms with Crippen molar-refractivity contribution in [1.82, 2.24) is 0 Å². The van der Waals surface area contributed by atoms with Gasteiger partial charge in [0.2, 0.25) is 0 Å². The average molecular weight is 325 g/mol. The highest BCUT2D eigenvalue weighted by Crippen LogP contribution is 2.36. The van der Waals surface area contributed by atoms with E-state index >= 15 is 0 Å². The van der Waals surface area contributed by atoms with Crippen molar-refractivity contribution in [3.63, 3.8) is 0 Å². The third kappa shape index (κ3) is 4.16. The number of hydrogen-bond donors (Lipinski definition) is 2. The topological polar surface area (TPSA) is 55.5 Å². The van der Waals surface area contributed by atoms with Crippen molar-refractivity contribution < 1.29 is 9.84 Å². The van der Waals surface area contributed by atoms with Gasteiger partial charge in [-0.2, -0.15) is 0 Å². The zero-order valence-electron chi connectivity index (χ0n) is 14.1. The monoisotopic (exact) mass is 325 g/mol. The van der Waals surface area contributed by atoms with Gasteiger partial charge in [-0.05, 0) is 48.6 Å². The maximum absolute atomic E-state index is 10.3. The van der Waals surface area contributed by atoms with Crippen molar-refractivity contribution in [2.45, 2.75) is 44.3 Å². The summed E-state index contributed by atoms with van der Waals surface area (Å²) in [5.41, 5.74) is 8.39. The van der Waals surface area contributed by atoms with Crippen molar-refractivity contribution in [3.8, 4) is 5.75 Å². The predicted octanol–water partition coefficient (Wildman–Crippen LogP) is 3.86. The van der Waals surface area contributed by atoms with Crippen molar-refractivity contribution in [1.29, 1.82) is 0 Å². The molecule has 2 aromatic rings. The van der Waals surface area contributed by atoms with E-state index in [-0.39, 0.29) is 17.9 Å². The fourth-order valence-corrected chi connectivity index (χ4v) is 3.72. The van der Waals surface area contributed by atoms with E-state index in [1.54, 1.807) is 0 Å². The number of aliphatic hydroxyl groups excluding tert-OH is 1. The summed E-state index contributed by atoms with van der Waals surface area (Å²) in [7, 11) is 0. The SMILES string of the molecule is NC[C@@H](c1ccc(OCc2ccccc2)cc1)[C@@H]1CCCC[C@@H]1O. The van der Waals surface area contributed by atoms with Crippen LogP contribution in [-0.4, -0.2) is 17.8 Å². The molecular formula is C21H27NO2. The van der Waals surface area contributed by atoms with Crippen molar-refractivity contribution in [2.75, 3.05) is 6.54 Å². The van der Waals surface area contributed by atoms with Crippen LogP contribution in [0.5, 0.6) is 5.75 Å². The molecule has 1 aliphatic rings. The van der Waals surface area contributed by atoms with Crippen molar-refractivity contribution >= 4 is 0 Å². The van der Waals surface area contributed by atoms with Gasteiger partial charge in [0.15, 0.2) is 0 Å². The third-order valence-electron chi connectivity index (χ3n) is 5.11. The Balaban J connectivity index is 1.64. The Morgan fingerprint density at radius 3 is 2.38 bits per heavy atom. The van der Waals surface area contributed by atoms with Gasteiger partial charge in [0.05, 0.1) is 6.10 Å². The Morgan fingerprint density at radius 1 is 1.00 bits per heavy atom. The van der Waals surface area contributed by atoms with E-state index < -0.39 is 0 Å². The lowest BCUT2D eigenvalue weighted by molar-refractivity contribution is 0.0561. The molecule has 1 fully saturated rings. The van der Waals surface area contributed by atoms with E-state index in [1.165, 1.54) is 12.0 Å². The molecule has 1 saturated carbocycles. The first-order chi connectivity index (χ1) is 11.8. The molecule has 3 heteroatoms. The van der Waals surface area contributed by atoms with Gasteiger partial charge in [0, 0.05) is 5.92 Å². The summed E-state index contributed by atoms with van der Waals surface area (Å²) in [6.07, 6.45) is 4.06. The predicted molar refractivity (Wildman–Crippen MR) is 97.0 cm³/mol. The molecule has 3 rings (SSSR count). The number of benzene rings is 2. The second-order valence-electron chi connectivity index (χ2n) is 6.70. The van der Waals surface area contributed by atoms with Gasteiger partial charge in [0.1, 0.15) is 12.4 Å². The number of ether oxygens (including phenoxy) is 1. The van der Waals surface area contributed by atoms with Crippen molar-refractivity contribution in [3.05, 3.63) is 65.7 Å². The Morgan fingerprint density at radius 2 is 1.71 bits per heavy atom. The number of nitrogens with two attached hydrogens (primary N) is 1. The van der Waals surface area contributed by atoms with Gasteiger partial charge >= 0.3 is 0 Å². The smallest absolute Gasteiger partial charge is 0.119 e. The fourth-order valence-electron chi connectivity index (χ4n) is 3.72. The van der Waals surface area contributed by atoms with E-state index in [0.717, 1.165) is 30.6 Å². The van der Waals surface area contributed by atoms with Crippen LogP contribution in [0.1, 0.15) is 42.7 Å². The van der Waals surface area contributed by atoms with Gasteiger partial charge < -0.3 is 15.6 Å². The van der Waals surface area contributed by atoms with Crippen LogP contribution < -0.4 is 10.5 Å². The largest absolute Gasteiger partial charge is 0.489 e. The summed E-state index contributed by atoms with van der Waals surface area (Å²) in [4.78, 5) is 0. The van der Waals surface area contributed by atoms with E-state index in [2.05, 4.69) is 24.3 Å². The molecule has 0 amide bonds. The Kier molecular flexibility index (Phi) is 5.89. The molecule has 3 nitrogen and oxygen atoms in total. The molecule has 0 heterocycles. The molecule has 1 aliphatic carbocycles. The second-order valence-corrected chi connectivity index (χ2v) is 6.70. The van der Waals surface area contributed by atoms with Gasteiger partial charge in [-0.15, -0.1) is 0 Å². The van der Waals surface area contributed by atoms with Crippen LogP contribution in [0.2, 0.25) is 0 Å². The molecular weight excluding hydrogens is 298 g/mol. The van der Waals surface area contributed by atoms with Crippen LogP contribution in [0.25, 0.3) is 0 Å². The van der Waals surface area contributed by atoms with Crippen LogP contribution in [0.3, 0.4) is 0 Å². The van der Waals surface area contributed by atoms with E-state index in [4.69, 9.17) is 10.5 Å². The molecule has 128 valence electrons. The Labute approximate surface area is 144 Å². The molecule has 0 radical (unpaired) electrons. The lowest BCUT2D eigenvalue weighted by atomic mass is 9.75. The summed E-state index contributed by atoms with van der Waals surface area (Å²) in [6, 6.07) is 18.4. The average Bonchev–Trinajstić information content (AvgIpc) is 2.64. The molecule has 0 aromatic heterocycles. The van der Waals surface area contributed by atoms with Gasteiger partial charge in [-0.25, -0.2) is 0 Å². The van der Waals surface area contributed by atoms with Crippen LogP contribution in [0.4, 0.5) is 0 Å². The van der Waals surface area contributed by atoms with Crippen LogP contribution in [-0.2, 0) is 6.61 Å². The first-order valence-corrected chi connectivity index (χ1v) is 8.92. The van der Waals surface area contributed by atoms with Crippen LogP contribution in [0, 0.1) is 5.92 Å². The zero-order valence-corrected chi connectivity index (χ0v) is 14.1. The molecule has 0 bridgehead atoms. The maximum atomic E-state index is 10.3. The van der Waals surface area contributed by atoms with Gasteiger partial charge in [-0.3, -0.25) is 0 Å². The first-order valence-electron chi connectivity index (χ1n) is 8.92. The quantitative estimate of drug-likeness (QED) is 0.848. The fraction of sp³-hybridized carbons (Fsp3) is 0.429. The van der Waals surface area contributed by atoms with Gasteiger partial charge in [0.25, 0.3) is 0 Å². The summed E-state index contributed by atoms with van der Waals surface area (Å²) >= 11 is 0. The normalized spacial score (nSPS) is 22.1. The Hall–Kier alpha value is -1.84. The highest BCUT2D eigenvalue weighted by atomic mass is 16.5. The second kappa shape index (κ2) is 8.32. The number of aliphatic hydroxyl groups is 1. The number of hydrogen-bond acceptors (Lipinski definition) is 3. The minimum Gasteiger partial charge on any atom is -0.489 e. The van der Waals surface area contributed by atoms with Gasteiger partial charge in [-0.1, -0.05) is 55.3 Å². The first kappa shape index (κ1) is 17.0. The lowest BCUT2D eigenvalue weighted by Gasteiger charge is -2.34. The Bertz CT molecular complexity index is 611. The maximum Gasteiger partial charge on any atom is 0.119 e. The minimum absolute atomic E-state index is 0.221. The molecule has 0 spiro atoms. The van der Waals surface area contributed by atoms with Crippen LogP contribution in [0.15, 0.2) is 54.6 Å². The molecule has 2 aromatic carbocycles. The van der Waals surface area contributed by atoms with E-state index in [0.29, 0.717) is 13.2 Å². The molecule has 0 aliphatic heterocycles. The van der Waals surface area contributed by atoms with E-state index in [9.17, 15) is 5.11 Å². The minimum atomic E-state index is -0.221. The zero-order chi connectivity index (χ0) is 16.8. The third-order valence-corrected chi connectivity index (χ3v) is 5.11. The number of rotatable bonds is 6. The summed E-state index contributed by atoms with van der Waals surface area (Å²) in [5, 5.41) is 10.3. The molecule has 3 N–H and O–H groups in total. The highest BCUT2D eigenvalue weighted by Gasteiger charge is 2.30.